The molecule has 0 spiro atoms. The van der Waals surface area contributed by atoms with E-state index in [9.17, 15) is 14.9 Å². The maximum atomic E-state index is 12.1. The molecule has 102 valence electrons. The molecule has 19 heavy (non-hydrogen) atoms. The number of nitro groups is 1. The van der Waals surface area contributed by atoms with E-state index in [-0.39, 0.29) is 17.6 Å². The third kappa shape index (κ3) is 3.10. The molecule has 5 heteroatoms. The lowest BCUT2D eigenvalue weighted by Gasteiger charge is -2.12. The molecule has 0 saturated heterocycles. The molecule has 2 unspecified atom stereocenters. The monoisotopic (exact) mass is 262 g/mol. The van der Waals surface area contributed by atoms with Crippen LogP contribution in [-0.2, 0) is 0 Å². The topological polar surface area (TPSA) is 72.2 Å². The smallest absolute Gasteiger partial charge is 0.272 e. The Morgan fingerprint density at radius 1 is 1.42 bits per heavy atom. The summed E-state index contributed by atoms with van der Waals surface area (Å²) < 4.78 is 0. The summed E-state index contributed by atoms with van der Waals surface area (Å²) in [6.45, 7) is 3.83. The highest BCUT2D eigenvalue weighted by Crippen LogP contribution is 2.25. The van der Waals surface area contributed by atoms with Crippen molar-refractivity contribution in [3.05, 3.63) is 39.4 Å². The lowest BCUT2D eigenvalue weighted by atomic mass is 10.1. The molecule has 1 saturated carbocycles. The summed E-state index contributed by atoms with van der Waals surface area (Å²) in [5.41, 5.74) is 1.05. The van der Waals surface area contributed by atoms with Crippen LogP contribution in [0.3, 0.4) is 0 Å². The first-order valence-corrected chi connectivity index (χ1v) is 6.53. The Morgan fingerprint density at radius 2 is 2.16 bits per heavy atom. The zero-order valence-electron chi connectivity index (χ0n) is 11.2. The molecule has 1 amide bonds. The lowest BCUT2D eigenvalue weighted by Crippen LogP contribution is -2.32. The second-order valence-electron chi connectivity index (χ2n) is 5.35. The predicted molar refractivity (Wildman–Crippen MR) is 72.1 cm³/mol. The van der Waals surface area contributed by atoms with Crippen LogP contribution in [0.4, 0.5) is 5.69 Å². The SMILES string of the molecule is Cc1cc(C(=O)NC2CCC(C)C2)ccc1[N+](=O)[O-]. The van der Waals surface area contributed by atoms with E-state index in [0.29, 0.717) is 17.0 Å². The number of nitrogens with one attached hydrogen (secondary N) is 1. The second kappa shape index (κ2) is 5.38. The average molecular weight is 262 g/mol. The highest BCUT2D eigenvalue weighted by Gasteiger charge is 2.23. The highest BCUT2D eigenvalue weighted by atomic mass is 16.6. The number of rotatable bonds is 3. The van der Waals surface area contributed by atoms with Crippen LogP contribution in [0.25, 0.3) is 0 Å². The fourth-order valence-corrected chi connectivity index (χ4v) is 2.61. The van der Waals surface area contributed by atoms with Crippen LogP contribution in [0, 0.1) is 23.0 Å². The van der Waals surface area contributed by atoms with Crippen molar-refractivity contribution in [3.8, 4) is 0 Å². The van der Waals surface area contributed by atoms with E-state index < -0.39 is 4.92 Å². The van der Waals surface area contributed by atoms with Gasteiger partial charge in [0.15, 0.2) is 0 Å². The van der Waals surface area contributed by atoms with E-state index in [1.54, 1.807) is 13.0 Å². The van der Waals surface area contributed by atoms with Crippen LogP contribution in [0.2, 0.25) is 0 Å². The minimum atomic E-state index is -0.435. The van der Waals surface area contributed by atoms with Gasteiger partial charge in [0.25, 0.3) is 11.6 Å². The van der Waals surface area contributed by atoms with Gasteiger partial charge in [-0.3, -0.25) is 14.9 Å². The molecule has 1 aliphatic rings. The highest BCUT2D eigenvalue weighted by molar-refractivity contribution is 5.94. The van der Waals surface area contributed by atoms with Gasteiger partial charge >= 0.3 is 0 Å². The Hall–Kier alpha value is -1.91. The van der Waals surface area contributed by atoms with E-state index in [4.69, 9.17) is 0 Å². The summed E-state index contributed by atoms with van der Waals surface area (Å²) in [5, 5.41) is 13.7. The standard InChI is InChI=1S/C14H18N2O3/c1-9-3-5-12(7-9)15-14(17)11-4-6-13(16(18)19)10(2)8-11/h4,6,8-9,12H,3,5,7H2,1-2H3,(H,15,17). The van der Waals surface area contributed by atoms with Gasteiger partial charge in [0.05, 0.1) is 4.92 Å². The number of benzene rings is 1. The molecular formula is C14H18N2O3. The van der Waals surface area contributed by atoms with Crippen LogP contribution in [0.5, 0.6) is 0 Å². The van der Waals surface area contributed by atoms with Gasteiger partial charge in [-0.2, -0.15) is 0 Å². The van der Waals surface area contributed by atoms with Gasteiger partial charge < -0.3 is 5.32 Å². The van der Waals surface area contributed by atoms with Crippen LogP contribution in [0.1, 0.15) is 42.1 Å². The summed E-state index contributed by atoms with van der Waals surface area (Å²) in [5.74, 6) is 0.515. The maximum absolute atomic E-state index is 12.1. The van der Waals surface area contributed by atoms with Crippen molar-refractivity contribution in [1.82, 2.24) is 5.32 Å². The fourth-order valence-electron chi connectivity index (χ4n) is 2.61. The maximum Gasteiger partial charge on any atom is 0.272 e. The Bertz CT molecular complexity index is 513. The zero-order chi connectivity index (χ0) is 14.0. The molecule has 1 N–H and O–H groups in total. The van der Waals surface area contributed by atoms with Gasteiger partial charge in [-0.05, 0) is 44.2 Å². The first kappa shape index (κ1) is 13.5. The van der Waals surface area contributed by atoms with E-state index in [0.717, 1.165) is 19.3 Å². The van der Waals surface area contributed by atoms with Crippen molar-refractivity contribution >= 4 is 11.6 Å². The summed E-state index contributed by atoms with van der Waals surface area (Å²) in [6.07, 6.45) is 3.17. The molecule has 0 heterocycles. The Morgan fingerprint density at radius 3 is 2.68 bits per heavy atom. The normalized spacial score (nSPS) is 22.2. The van der Waals surface area contributed by atoms with Crippen molar-refractivity contribution < 1.29 is 9.72 Å². The number of nitro benzene ring substituents is 1. The largest absolute Gasteiger partial charge is 0.349 e. The second-order valence-corrected chi connectivity index (χ2v) is 5.35. The predicted octanol–water partition coefficient (Wildman–Crippen LogP) is 2.82. The van der Waals surface area contributed by atoms with Gasteiger partial charge in [0.2, 0.25) is 0 Å². The number of carbonyl (C=O) groups excluding carboxylic acids is 1. The fraction of sp³-hybridized carbons (Fsp3) is 0.500. The number of nitrogens with zero attached hydrogens (tertiary/aromatic N) is 1. The molecule has 2 atom stereocenters. The zero-order valence-corrected chi connectivity index (χ0v) is 11.2. The minimum absolute atomic E-state index is 0.0473. The summed E-state index contributed by atoms with van der Waals surface area (Å²) in [4.78, 5) is 22.3. The Balaban J connectivity index is 2.07. The number of hydrogen-bond donors (Lipinski definition) is 1. The number of amides is 1. The molecule has 5 nitrogen and oxygen atoms in total. The summed E-state index contributed by atoms with van der Waals surface area (Å²) in [6, 6.07) is 4.71. The molecule has 1 aromatic rings. The lowest BCUT2D eigenvalue weighted by molar-refractivity contribution is -0.385. The van der Waals surface area contributed by atoms with Crippen LogP contribution < -0.4 is 5.32 Å². The molecule has 1 aliphatic carbocycles. The minimum Gasteiger partial charge on any atom is -0.349 e. The van der Waals surface area contributed by atoms with Crippen molar-refractivity contribution in [1.29, 1.82) is 0 Å². The molecule has 0 bridgehead atoms. The third-order valence-corrected chi connectivity index (χ3v) is 3.69. The first-order valence-electron chi connectivity index (χ1n) is 6.53. The van der Waals surface area contributed by atoms with Gasteiger partial charge in [-0.25, -0.2) is 0 Å². The van der Waals surface area contributed by atoms with E-state index in [2.05, 4.69) is 12.2 Å². The molecule has 0 aromatic heterocycles. The van der Waals surface area contributed by atoms with E-state index in [1.165, 1.54) is 12.1 Å². The molecule has 0 radical (unpaired) electrons. The Labute approximate surface area is 112 Å². The van der Waals surface area contributed by atoms with E-state index >= 15 is 0 Å². The third-order valence-electron chi connectivity index (χ3n) is 3.69. The van der Waals surface area contributed by atoms with Gasteiger partial charge in [-0.15, -0.1) is 0 Å². The molecule has 1 aromatic carbocycles. The quantitative estimate of drug-likeness (QED) is 0.672. The van der Waals surface area contributed by atoms with Crippen LogP contribution >= 0.6 is 0 Å². The van der Waals surface area contributed by atoms with Crippen molar-refractivity contribution in [2.24, 2.45) is 5.92 Å². The molecule has 0 aliphatic heterocycles. The number of aryl methyl sites for hydroxylation is 1. The van der Waals surface area contributed by atoms with Gasteiger partial charge in [0.1, 0.15) is 0 Å². The van der Waals surface area contributed by atoms with Crippen LogP contribution in [-0.4, -0.2) is 16.9 Å². The summed E-state index contributed by atoms with van der Waals surface area (Å²) in [7, 11) is 0. The number of carbonyl (C=O) groups is 1. The van der Waals surface area contributed by atoms with Gasteiger partial charge in [0, 0.05) is 23.2 Å². The van der Waals surface area contributed by atoms with Crippen molar-refractivity contribution in [2.45, 2.75) is 39.2 Å². The van der Waals surface area contributed by atoms with Crippen molar-refractivity contribution in [2.75, 3.05) is 0 Å². The van der Waals surface area contributed by atoms with Gasteiger partial charge in [-0.1, -0.05) is 6.92 Å². The average Bonchev–Trinajstić information content (AvgIpc) is 2.74. The molecule has 2 rings (SSSR count). The molecular weight excluding hydrogens is 244 g/mol. The summed E-state index contributed by atoms with van der Waals surface area (Å²) >= 11 is 0. The van der Waals surface area contributed by atoms with Crippen LogP contribution in [0.15, 0.2) is 18.2 Å². The van der Waals surface area contributed by atoms with E-state index in [1.807, 2.05) is 0 Å². The number of hydrogen-bond acceptors (Lipinski definition) is 3. The van der Waals surface area contributed by atoms with Crippen molar-refractivity contribution in [3.63, 3.8) is 0 Å². The first-order chi connectivity index (χ1) is 8.97. The Kier molecular flexibility index (Phi) is 3.83. The molecule has 1 fully saturated rings.